The zero-order valence-electron chi connectivity index (χ0n) is 17.7. The van der Waals surface area contributed by atoms with Crippen LogP contribution in [0.2, 0.25) is 0 Å². The first-order valence-electron chi connectivity index (χ1n) is 10.4. The number of likely N-dealkylation sites (tertiary alicyclic amines) is 1. The molecule has 1 atom stereocenters. The van der Waals surface area contributed by atoms with Gasteiger partial charge in [-0.1, -0.05) is 43.2 Å². The maximum absolute atomic E-state index is 13.3. The molecule has 6 nitrogen and oxygen atoms in total. The van der Waals surface area contributed by atoms with Gasteiger partial charge in [0, 0.05) is 26.6 Å². The Morgan fingerprint density at radius 1 is 1.00 bits per heavy atom. The lowest BCUT2D eigenvalue weighted by atomic mass is 10.0. The summed E-state index contributed by atoms with van der Waals surface area (Å²) in [4.78, 5) is 15.2. The van der Waals surface area contributed by atoms with E-state index in [1.54, 1.807) is 56.6 Å². The summed E-state index contributed by atoms with van der Waals surface area (Å²) in [5.74, 6) is 0.678. The Hall–Kier alpha value is -2.38. The molecule has 1 amide bonds. The molecule has 0 spiro atoms. The maximum atomic E-state index is 13.3. The largest absolute Gasteiger partial charge is 0.497 e. The fourth-order valence-corrected chi connectivity index (χ4v) is 5.19. The Morgan fingerprint density at radius 3 is 2.17 bits per heavy atom. The van der Waals surface area contributed by atoms with Crippen molar-refractivity contribution in [3.8, 4) is 5.75 Å². The summed E-state index contributed by atoms with van der Waals surface area (Å²) in [6, 6.07) is 15.0. The number of benzene rings is 2. The molecule has 0 aliphatic carbocycles. The van der Waals surface area contributed by atoms with Gasteiger partial charge in [-0.05, 0) is 42.7 Å². The molecule has 30 heavy (non-hydrogen) atoms. The van der Waals surface area contributed by atoms with Crippen LogP contribution in [-0.4, -0.2) is 50.8 Å². The van der Waals surface area contributed by atoms with E-state index in [0.717, 1.165) is 44.3 Å². The molecule has 1 fully saturated rings. The topological polar surface area (TPSA) is 66.9 Å². The Morgan fingerprint density at radius 2 is 1.60 bits per heavy atom. The van der Waals surface area contributed by atoms with E-state index in [2.05, 4.69) is 0 Å². The lowest BCUT2D eigenvalue weighted by Crippen LogP contribution is -2.38. The summed E-state index contributed by atoms with van der Waals surface area (Å²) < 4.78 is 33.1. The number of rotatable bonds is 7. The van der Waals surface area contributed by atoms with Crippen molar-refractivity contribution in [3.05, 3.63) is 60.2 Å². The van der Waals surface area contributed by atoms with Crippen LogP contribution in [-0.2, 0) is 14.8 Å². The zero-order chi connectivity index (χ0) is 21.6. The maximum Gasteiger partial charge on any atom is 0.243 e. The Kier molecular flexibility index (Phi) is 7.50. The molecule has 3 rings (SSSR count). The van der Waals surface area contributed by atoms with Gasteiger partial charge < -0.3 is 9.64 Å². The Bertz CT molecular complexity index is 921. The molecule has 0 saturated carbocycles. The number of hydrogen-bond donors (Lipinski definition) is 0. The van der Waals surface area contributed by atoms with E-state index in [4.69, 9.17) is 4.74 Å². The molecule has 1 aliphatic heterocycles. The van der Waals surface area contributed by atoms with Crippen molar-refractivity contribution in [2.75, 3.05) is 27.2 Å². The van der Waals surface area contributed by atoms with Crippen LogP contribution in [0.25, 0.3) is 0 Å². The minimum atomic E-state index is -3.75. The van der Waals surface area contributed by atoms with E-state index in [1.807, 2.05) is 17.0 Å². The second kappa shape index (κ2) is 10.1. The van der Waals surface area contributed by atoms with Crippen LogP contribution in [0.4, 0.5) is 0 Å². The minimum Gasteiger partial charge on any atom is -0.497 e. The molecule has 7 heteroatoms. The van der Waals surface area contributed by atoms with Crippen molar-refractivity contribution in [3.63, 3.8) is 0 Å². The predicted octanol–water partition coefficient (Wildman–Crippen LogP) is 3.85. The van der Waals surface area contributed by atoms with E-state index in [-0.39, 0.29) is 17.2 Å². The molecule has 0 unspecified atom stereocenters. The van der Waals surface area contributed by atoms with Crippen molar-refractivity contribution in [2.45, 2.75) is 43.0 Å². The van der Waals surface area contributed by atoms with Gasteiger partial charge in [0.1, 0.15) is 5.75 Å². The van der Waals surface area contributed by atoms with Gasteiger partial charge in [-0.3, -0.25) is 4.79 Å². The van der Waals surface area contributed by atoms with Crippen molar-refractivity contribution in [2.24, 2.45) is 0 Å². The van der Waals surface area contributed by atoms with E-state index < -0.39 is 16.1 Å². The van der Waals surface area contributed by atoms with E-state index in [0.29, 0.717) is 5.75 Å². The van der Waals surface area contributed by atoms with Gasteiger partial charge in [0.2, 0.25) is 15.9 Å². The fourth-order valence-electron chi connectivity index (χ4n) is 3.82. The molecule has 162 valence electrons. The van der Waals surface area contributed by atoms with E-state index >= 15 is 0 Å². The number of amides is 1. The second-order valence-corrected chi connectivity index (χ2v) is 9.62. The first kappa shape index (κ1) is 22.3. The molecule has 0 radical (unpaired) electrons. The van der Waals surface area contributed by atoms with Crippen molar-refractivity contribution in [1.29, 1.82) is 0 Å². The number of carbonyl (C=O) groups is 1. The highest BCUT2D eigenvalue weighted by Crippen LogP contribution is 2.31. The second-order valence-electron chi connectivity index (χ2n) is 7.62. The van der Waals surface area contributed by atoms with Gasteiger partial charge in [-0.15, -0.1) is 0 Å². The fraction of sp³-hybridized carbons (Fsp3) is 0.435. The average Bonchev–Trinajstić information content (AvgIpc) is 3.07. The first-order chi connectivity index (χ1) is 14.4. The third kappa shape index (κ3) is 5.21. The number of nitrogens with zero attached hydrogens (tertiary/aromatic N) is 2. The molecule has 0 aromatic heterocycles. The molecular formula is C23H30N2O4S. The quantitative estimate of drug-likeness (QED) is 0.669. The molecule has 1 aliphatic rings. The van der Waals surface area contributed by atoms with Gasteiger partial charge >= 0.3 is 0 Å². The Balaban J connectivity index is 1.91. The summed E-state index contributed by atoms with van der Waals surface area (Å²) in [6.07, 6.45) is 4.37. The van der Waals surface area contributed by atoms with Gasteiger partial charge in [-0.25, -0.2) is 8.42 Å². The number of hydrogen-bond acceptors (Lipinski definition) is 4. The molecule has 2 aromatic carbocycles. The van der Waals surface area contributed by atoms with Crippen molar-refractivity contribution >= 4 is 15.9 Å². The van der Waals surface area contributed by atoms with Gasteiger partial charge in [0.15, 0.2) is 0 Å². The van der Waals surface area contributed by atoms with E-state index in [1.165, 1.54) is 4.31 Å². The van der Waals surface area contributed by atoms with Crippen LogP contribution in [0.15, 0.2) is 59.5 Å². The van der Waals surface area contributed by atoms with Crippen molar-refractivity contribution < 1.29 is 17.9 Å². The van der Waals surface area contributed by atoms with Gasteiger partial charge in [-0.2, -0.15) is 4.31 Å². The zero-order valence-corrected chi connectivity index (χ0v) is 18.5. The summed E-state index contributed by atoms with van der Waals surface area (Å²) in [7, 11) is -0.621. The standard InChI is InChI=1S/C23H30N2O4S/c1-24(30(27,28)21-10-6-5-7-11-21)22(19-12-14-20(29-2)15-13-19)18-23(26)25-16-8-3-4-9-17-25/h5-7,10-15,22H,3-4,8-9,16-18H2,1-2H3/t22-/m1/s1. The van der Waals surface area contributed by atoms with Crippen LogP contribution in [0, 0.1) is 0 Å². The monoisotopic (exact) mass is 430 g/mol. The number of carbonyl (C=O) groups excluding carboxylic acids is 1. The molecule has 0 N–H and O–H groups in total. The predicted molar refractivity (Wildman–Crippen MR) is 117 cm³/mol. The summed E-state index contributed by atoms with van der Waals surface area (Å²) in [5, 5.41) is 0. The number of methoxy groups -OCH3 is 1. The summed E-state index contributed by atoms with van der Waals surface area (Å²) in [6.45, 7) is 1.48. The summed E-state index contributed by atoms with van der Waals surface area (Å²) >= 11 is 0. The number of ether oxygens (including phenoxy) is 1. The molecule has 1 saturated heterocycles. The van der Waals surface area contributed by atoms with Gasteiger partial charge in [0.05, 0.1) is 18.0 Å². The molecule has 1 heterocycles. The molecule has 2 aromatic rings. The smallest absolute Gasteiger partial charge is 0.243 e. The molecular weight excluding hydrogens is 400 g/mol. The average molecular weight is 431 g/mol. The minimum absolute atomic E-state index is 0.00664. The molecule has 0 bridgehead atoms. The van der Waals surface area contributed by atoms with E-state index in [9.17, 15) is 13.2 Å². The normalized spacial score (nSPS) is 16.2. The van der Waals surface area contributed by atoms with Crippen LogP contribution < -0.4 is 4.74 Å². The lowest BCUT2D eigenvalue weighted by molar-refractivity contribution is -0.132. The van der Waals surface area contributed by atoms with Crippen molar-refractivity contribution in [1.82, 2.24) is 9.21 Å². The van der Waals surface area contributed by atoms with Gasteiger partial charge in [0.25, 0.3) is 0 Å². The van der Waals surface area contributed by atoms with Crippen LogP contribution >= 0.6 is 0 Å². The highest BCUT2D eigenvalue weighted by molar-refractivity contribution is 7.89. The highest BCUT2D eigenvalue weighted by Gasteiger charge is 2.32. The lowest BCUT2D eigenvalue weighted by Gasteiger charge is -2.30. The third-order valence-corrected chi connectivity index (χ3v) is 7.57. The third-order valence-electron chi connectivity index (χ3n) is 5.69. The van der Waals surface area contributed by atoms with Crippen LogP contribution in [0.1, 0.15) is 43.7 Å². The van der Waals surface area contributed by atoms with Crippen LogP contribution in [0.3, 0.4) is 0 Å². The first-order valence-corrected chi connectivity index (χ1v) is 11.8. The summed E-state index contributed by atoms with van der Waals surface area (Å²) in [5.41, 5.74) is 0.765. The highest BCUT2D eigenvalue weighted by atomic mass is 32.2. The SMILES string of the molecule is COc1ccc([C@@H](CC(=O)N2CCCCCC2)N(C)S(=O)(=O)c2ccccc2)cc1. The number of sulfonamides is 1. The Labute approximate surface area is 179 Å². The van der Waals surface area contributed by atoms with Crippen LogP contribution in [0.5, 0.6) is 5.75 Å².